The molecule has 4 heteroatoms. The Labute approximate surface area is 104 Å². The van der Waals surface area contributed by atoms with Crippen LogP contribution in [-0.4, -0.2) is 17.2 Å². The first kappa shape index (κ1) is 12.1. The highest BCUT2D eigenvalue weighted by Crippen LogP contribution is 2.13. The molecule has 0 amide bonds. The van der Waals surface area contributed by atoms with Crippen molar-refractivity contribution < 1.29 is 10.0 Å². The second kappa shape index (κ2) is 4.88. The molecule has 0 aliphatic carbocycles. The summed E-state index contributed by atoms with van der Waals surface area (Å²) >= 11 is 1.64. The highest BCUT2D eigenvalue weighted by atomic mass is 32.1. The van der Waals surface area contributed by atoms with Gasteiger partial charge in [0.1, 0.15) is 0 Å². The summed E-state index contributed by atoms with van der Waals surface area (Å²) < 4.78 is 2.17. The molecule has 2 rings (SSSR count). The predicted molar refractivity (Wildman–Crippen MR) is 75.0 cm³/mol. The van der Waals surface area contributed by atoms with E-state index >= 15 is 0 Å². The third kappa shape index (κ3) is 2.07. The van der Waals surface area contributed by atoms with Crippen LogP contribution in [0.2, 0.25) is 0 Å². The Kier molecular flexibility index (Phi) is 3.47. The molecule has 0 atom stereocenters. The first-order valence-corrected chi connectivity index (χ1v) is 6.17. The lowest BCUT2D eigenvalue weighted by molar-refractivity contribution is 0.427. The Balaban J connectivity index is 3.07. The predicted octanol–water partition coefficient (Wildman–Crippen LogP) is 1.05. The summed E-state index contributed by atoms with van der Waals surface area (Å²) in [5.41, 5.74) is 0.454. The van der Waals surface area contributed by atoms with Gasteiger partial charge in [0.05, 0.1) is 0 Å². The lowest BCUT2D eigenvalue weighted by Crippen LogP contribution is -2.28. The van der Waals surface area contributed by atoms with Crippen LogP contribution >= 0.6 is 11.3 Å². The van der Waals surface area contributed by atoms with Gasteiger partial charge in [-0.2, -0.15) is 0 Å². The minimum atomic E-state index is -1.50. The number of benzene rings is 1. The Bertz CT molecular complexity index is 670. The van der Waals surface area contributed by atoms with Crippen LogP contribution in [0.25, 0.3) is 21.6 Å². The average molecular weight is 244 g/mol. The van der Waals surface area contributed by atoms with Gasteiger partial charge in [-0.3, -0.25) is 0 Å². The Morgan fingerprint density at radius 3 is 2.65 bits per heavy atom. The molecule has 0 aliphatic heterocycles. The fourth-order valence-electron chi connectivity index (χ4n) is 1.90. The minimum Gasteiger partial charge on any atom is -0.423 e. The maximum absolute atomic E-state index is 9.40. The maximum Gasteiger partial charge on any atom is 0.489 e. The van der Waals surface area contributed by atoms with E-state index < -0.39 is 7.12 Å². The minimum absolute atomic E-state index is 0.454. The monoisotopic (exact) mass is 244 g/mol. The van der Waals surface area contributed by atoms with E-state index in [-0.39, 0.29) is 0 Å². The van der Waals surface area contributed by atoms with Crippen molar-refractivity contribution in [1.82, 2.24) is 0 Å². The summed E-state index contributed by atoms with van der Waals surface area (Å²) in [5.74, 6) is 0. The summed E-state index contributed by atoms with van der Waals surface area (Å²) in [5, 5.41) is 20.7. The number of hydrogen-bond acceptors (Lipinski definition) is 3. The normalized spacial score (nSPS) is 13.9. The number of hydrogen-bond donors (Lipinski definition) is 2. The third-order valence-electron chi connectivity index (χ3n) is 2.67. The van der Waals surface area contributed by atoms with Crippen LogP contribution in [0.5, 0.6) is 0 Å². The van der Waals surface area contributed by atoms with Gasteiger partial charge in [-0.15, -0.1) is 11.3 Å². The highest BCUT2D eigenvalue weighted by Gasteiger charge is 2.15. The van der Waals surface area contributed by atoms with E-state index in [1.165, 1.54) is 6.08 Å². The zero-order valence-corrected chi connectivity index (χ0v) is 10.4. The molecule has 17 heavy (non-hydrogen) atoms. The van der Waals surface area contributed by atoms with E-state index in [4.69, 9.17) is 0 Å². The van der Waals surface area contributed by atoms with Crippen molar-refractivity contribution in [1.29, 1.82) is 0 Å². The molecule has 1 heterocycles. The van der Waals surface area contributed by atoms with Crippen molar-refractivity contribution in [2.24, 2.45) is 0 Å². The largest absolute Gasteiger partial charge is 0.489 e. The Morgan fingerprint density at radius 2 is 2.06 bits per heavy atom. The molecule has 0 saturated carbocycles. The van der Waals surface area contributed by atoms with Crippen molar-refractivity contribution in [2.75, 3.05) is 0 Å². The Hall–Kier alpha value is -1.36. The fraction of sp³-hybridized carbons (Fsp3) is 0.0769. The molecule has 0 unspecified atom stereocenters. The molecule has 0 bridgehead atoms. The van der Waals surface area contributed by atoms with Crippen molar-refractivity contribution in [3.63, 3.8) is 0 Å². The first-order chi connectivity index (χ1) is 8.19. The second-order valence-electron chi connectivity index (χ2n) is 3.66. The molecule has 0 radical (unpaired) electrons. The van der Waals surface area contributed by atoms with E-state index in [9.17, 15) is 10.0 Å². The van der Waals surface area contributed by atoms with Crippen LogP contribution in [0.4, 0.5) is 0 Å². The average Bonchev–Trinajstić information content (AvgIpc) is 2.69. The molecule has 2 N–H and O–H groups in total. The maximum atomic E-state index is 9.40. The zero-order chi connectivity index (χ0) is 12.4. The van der Waals surface area contributed by atoms with Crippen LogP contribution in [0.3, 0.4) is 0 Å². The number of rotatable bonds is 2. The van der Waals surface area contributed by atoms with Crippen molar-refractivity contribution in [2.45, 2.75) is 6.92 Å². The number of thiophene rings is 1. The summed E-state index contributed by atoms with van der Waals surface area (Å²) in [4.78, 5) is 0. The summed E-state index contributed by atoms with van der Waals surface area (Å²) in [6, 6.07) is 7.94. The summed E-state index contributed by atoms with van der Waals surface area (Å²) in [7, 11) is -1.50. The molecule has 0 aliphatic rings. The second-order valence-corrected chi connectivity index (χ2v) is 4.74. The smallest absolute Gasteiger partial charge is 0.423 e. The van der Waals surface area contributed by atoms with Crippen LogP contribution in [0.15, 0.2) is 36.9 Å². The van der Waals surface area contributed by atoms with Gasteiger partial charge in [0.15, 0.2) is 0 Å². The molecular formula is C13H13BO2S. The van der Waals surface area contributed by atoms with Crippen LogP contribution < -0.4 is 9.75 Å². The standard InChI is InChI=1S/C13H13BO2S/c1-3-10(14(15)16)13-9-7-5-6-8-12(9)17-11(13)4-2/h3-8,15-16H,1H2,2H3/b11-4+,13-10+. The summed E-state index contributed by atoms with van der Waals surface area (Å²) in [6.45, 7) is 5.60. The van der Waals surface area contributed by atoms with E-state index in [2.05, 4.69) is 6.58 Å². The van der Waals surface area contributed by atoms with Gasteiger partial charge in [0.2, 0.25) is 0 Å². The first-order valence-electron chi connectivity index (χ1n) is 5.35. The lowest BCUT2D eigenvalue weighted by atomic mass is 9.78. The highest BCUT2D eigenvalue weighted by molar-refractivity contribution is 7.17. The molecule has 2 aromatic rings. The topological polar surface area (TPSA) is 40.5 Å². The molecule has 1 aromatic heterocycles. The Morgan fingerprint density at radius 1 is 1.35 bits per heavy atom. The van der Waals surface area contributed by atoms with Gasteiger partial charge < -0.3 is 10.0 Å². The summed E-state index contributed by atoms with van der Waals surface area (Å²) in [6.07, 6.45) is 3.48. The molecule has 1 aromatic carbocycles. The van der Waals surface area contributed by atoms with Crippen LogP contribution in [0, 0.1) is 0 Å². The fourth-order valence-corrected chi connectivity index (χ4v) is 3.01. The van der Waals surface area contributed by atoms with Gasteiger partial charge in [-0.25, -0.2) is 0 Å². The SMILES string of the molecule is C=C/C(B(O)O)=c1\c(=C/C)sc2ccccc12. The number of allylic oxidation sites excluding steroid dienone is 1. The molecule has 2 nitrogen and oxygen atoms in total. The molecule has 0 fully saturated rings. The molecule has 0 saturated heterocycles. The lowest BCUT2D eigenvalue weighted by Gasteiger charge is -1.98. The number of fused-ring (bicyclic) bond motifs is 1. The molecule has 86 valence electrons. The van der Waals surface area contributed by atoms with Gasteiger partial charge in [-0.05, 0) is 29.1 Å². The van der Waals surface area contributed by atoms with E-state index in [0.29, 0.717) is 5.47 Å². The van der Waals surface area contributed by atoms with Gasteiger partial charge in [0, 0.05) is 9.23 Å². The van der Waals surface area contributed by atoms with Crippen LogP contribution in [-0.2, 0) is 0 Å². The van der Waals surface area contributed by atoms with E-state index in [1.807, 2.05) is 37.3 Å². The van der Waals surface area contributed by atoms with Crippen LogP contribution in [0.1, 0.15) is 6.92 Å². The van der Waals surface area contributed by atoms with Gasteiger partial charge in [0.25, 0.3) is 0 Å². The van der Waals surface area contributed by atoms with E-state index in [1.54, 1.807) is 11.3 Å². The quantitative estimate of drug-likeness (QED) is 0.775. The molecular weight excluding hydrogens is 231 g/mol. The van der Waals surface area contributed by atoms with Crippen molar-refractivity contribution in [3.8, 4) is 0 Å². The zero-order valence-electron chi connectivity index (χ0n) is 9.55. The van der Waals surface area contributed by atoms with Gasteiger partial charge in [-0.1, -0.05) is 36.9 Å². The van der Waals surface area contributed by atoms with Crippen molar-refractivity contribution >= 4 is 40.1 Å². The van der Waals surface area contributed by atoms with E-state index in [0.717, 1.165) is 19.8 Å². The van der Waals surface area contributed by atoms with Gasteiger partial charge >= 0.3 is 7.12 Å². The third-order valence-corrected chi connectivity index (χ3v) is 3.91. The van der Waals surface area contributed by atoms with Crippen molar-refractivity contribution in [3.05, 3.63) is 46.7 Å². The molecule has 0 spiro atoms.